The quantitative estimate of drug-likeness (QED) is 0.167. The second kappa shape index (κ2) is 94.6. The molecule has 9 heterocycles. The molecular weight excluding hydrogens is 1240 g/mol. The summed E-state index contributed by atoms with van der Waals surface area (Å²) in [6.07, 6.45) is 22.8. The SMILES string of the molecule is CC.CC.CC.CC.CC.CC.CC.CC.CC.CC.CC(C)C1CCCC1.CC(C)C1CCCN1.CC(C)C1CCCN1.CC(C)C1CCCO1.CC(C)C1CCCO1.CC(C)C1CCCO1.CC(C)C1CCOC1.CC(C)C1COCN1.CC(C)C1COCO1.CC(C)C1NCCO1. The van der Waals surface area contributed by atoms with Crippen molar-refractivity contribution in [1.29, 1.82) is 0 Å². The van der Waals surface area contributed by atoms with Gasteiger partial charge in [0.15, 0.2) is 0 Å². The fourth-order valence-electron chi connectivity index (χ4n) is 11.1. The topological polar surface area (TPSA) is 122 Å². The minimum Gasteiger partial charge on any atom is -0.381 e. The van der Waals surface area contributed by atoms with Crippen LogP contribution in [0.1, 0.15) is 373 Å². The predicted octanol–water partition coefficient (Wildman–Crippen LogP) is 25.2. The highest BCUT2D eigenvalue weighted by Gasteiger charge is 2.24. The monoisotopic (exact) mass is 1440 g/mol. The highest BCUT2D eigenvalue weighted by atomic mass is 16.7. The maximum atomic E-state index is 5.41. The van der Waals surface area contributed by atoms with E-state index in [9.17, 15) is 0 Å². The van der Waals surface area contributed by atoms with E-state index in [-0.39, 0.29) is 0 Å². The first kappa shape index (κ1) is 121. The molecule has 9 aliphatic heterocycles. The zero-order valence-electron chi connectivity index (χ0n) is 76.6. The molecule has 9 unspecified atom stereocenters. The van der Waals surface area contributed by atoms with Crippen molar-refractivity contribution in [1.82, 2.24) is 21.3 Å². The molecule has 9 atom stereocenters. The first-order valence-electron chi connectivity index (χ1n) is 43.8. The van der Waals surface area contributed by atoms with Gasteiger partial charge in [-0.3, -0.25) is 10.6 Å². The minimum atomic E-state index is 0.315. The van der Waals surface area contributed by atoms with Gasteiger partial charge < -0.3 is 48.5 Å². The summed E-state index contributed by atoms with van der Waals surface area (Å²) in [6.45, 7) is 96.9. The molecule has 100 heavy (non-hydrogen) atoms. The average Bonchev–Trinajstić information content (AvgIpc) is 3.90. The Morgan fingerprint density at radius 1 is 0.230 bits per heavy atom. The fourth-order valence-corrected chi connectivity index (χ4v) is 11.1. The van der Waals surface area contributed by atoms with Crippen molar-refractivity contribution in [2.24, 2.45) is 71.0 Å². The molecule has 1 aliphatic carbocycles. The average molecular weight is 1440 g/mol. The van der Waals surface area contributed by atoms with Crippen molar-refractivity contribution in [2.75, 3.05) is 86.0 Å². The second-order valence-corrected chi connectivity index (χ2v) is 27.9. The van der Waals surface area contributed by atoms with Crippen LogP contribution in [0, 0.1) is 71.0 Å². The number of hydrogen-bond donors (Lipinski definition) is 4. The third-order valence-corrected chi connectivity index (χ3v) is 17.5. The van der Waals surface area contributed by atoms with Crippen LogP contribution in [0.15, 0.2) is 0 Å². The zero-order valence-corrected chi connectivity index (χ0v) is 76.6. The number of hydrogen-bond acceptors (Lipinski definition) is 12. The molecule has 0 amide bonds. The molecule has 0 aromatic rings. The summed E-state index contributed by atoms with van der Waals surface area (Å²) in [5.41, 5.74) is 0. The maximum Gasteiger partial charge on any atom is 0.147 e. The van der Waals surface area contributed by atoms with E-state index in [1.165, 1.54) is 109 Å². The molecule has 0 aromatic carbocycles. The molecule has 12 heteroatoms. The molecule has 10 fully saturated rings. The van der Waals surface area contributed by atoms with E-state index < -0.39 is 0 Å². The Hall–Kier alpha value is -0.480. The Morgan fingerprint density at radius 3 is 0.740 bits per heavy atom. The summed E-state index contributed by atoms with van der Waals surface area (Å²) in [5.74, 6) is 9.40. The molecule has 0 radical (unpaired) electrons. The fraction of sp³-hybridized carbons (Fsp3) is 1.00. The third-order valence-electron chi connectivity index (χ3n) is 17.5. The molecule has 1 saturated carbocycles. The molecule has 0 bridgehead atoms. The molecule has 12 nitrogen and oxygen atoms in total. The van der Waals surface area contributed by atoms with Gasteiger partial charge >= 0.3 is 0 Å². The molecule has 0 spiro atoms. The van der Waals surface area contributed by atoms with Crippen LogP contribution in [0.4, 0.5) is 0 Å². The smallest absolute Gasteiger partial charge is 0.147 e. The van der Waals surface area contributed by atoms with Gasteiger partial charge in [-0.15, -0.1) is 0 Å². The molecular formula is C88H200N4O8. The van der Waals surface area contributed by atoms with Crippen molar-refractivity contribution in [3.63, 3.8) is 0 Å². The van der Waals surface area contributed by atoms with Crippen molar-refractivity contribution < 1.29 is 37.9 Å². The minimum absolute atomic E-state index is 0.315. The highest BCUT2D eigenvalue weighted by molar-refractivity contribution is 4.78. The normalized spacial score (nSPS) is 23.8. The van der Waals surface area contributed by atoms with Gasteiger partial charge in [0, 0.05) is 57.7 Å². The van der Waals surface area contributed by atoms with Crippen molar-refractivity contribution >= 4 is 0 Å². The Morgan fingerprint density at radius 2 is 0.600 bits per heavy atom. The summed E-state index contributed by atoms with van der Waals surface area (Å²) < 4.78 is 42.1. The summed E-state index contributed by atoms with van der Waals surface area (Å²) in [7, 11) is 0. The van der Waals surface area contributed by atoms with Crippen LogP contribution < -0.4 is 21.3 Å². The molecule has 10 rings (SSSR count). The first-order chi connectivity index (χ1) is 48.0. The standard InChI is InChI=1S/C8H16.2C7H15N.4C7H14O.2C6H13NO.C6H12O2.10C2H6/c1-7(2)8-5-3-4-6-8;2*1-6(2)7-4-3-5-8-7;1-6(2)7-3-4-8-5-7;3*1-6(2)7-4-3-5-8-7;1-5(2)6-3-8-4-7-6;1-5(2)6-7-3-4-8-6;1-5(2)6-3-7-4-8-6;10*1-2/h7-8H,3-6H2,1-2H3;2*6-8H,3-5H2,1-2H3;4*6-7H,3-5H2,1-2H3;2*5-7H,3-4H2,1-2H3;5-6H,3-4H2,1-2H3;10*1-2H3. The van der Waals surface area contributed by atoms with Crippen LogP contribution in [0.3, 0.4) is 0 Å². The van der Waals surface area contributed by atoms with Gasteiger partial charge in [0.05, 0.1) is 51.0 Å². The summed E-state index contributed by atoms with van der Waals surface area (Å²) in [6, 6.07) is 2.22. The van der Waals surface area contributed by atoms with Crippen LogP contribution in [0.5, 0.6) is 0 Å². The Balaban J connectivity index is -0.000000109. The second-order valence-electron chi connectivity index (χ2n) is 27.9. The van der Waals surface area contributed by atoms with Gasteiger partial charge in [0.25, 0.3) is 0 Å². The summed E-state index contributed by atoms with van der Waals surface area (Å²) in [4.78, 5) is 0. The Kier molecular flexibility index (Phi) is 114. The molecule has 4 N–H and O–H groups in total. The van der Waals surface area contributed by atoms with E-state index in [1.807, 2.05) is 138 Å². The van der Waals surface area contributed by atoms with E-state index in [0.717, 1.165) is 131 Å². The summed E-state index contributed by atoms with van der Waals surface area (Å²) in [5, 5.41) is 13.4. The van der Waals surface area contributed by atoms with Crippen molar-refractivity contribution in [3.8, 4) is 0 Å². The van der Waals surface area contributed by atoms with E-state index >= 15 is 0 Å². The van der Waals surface area contributed by atoms with Gasteiger partial charge in [0.2, 0.25) is 0 Å². The number of nitrogens with one attached hydrogen (secondary N) is 4. The van der Waals surface area contributed by atoms with Gasteiger partial charge in [0.1, 0.15) is 13.0 Å². The van der Waals surface area contributed by atoms with Gasteiger partial charge in [-0.25, -0.2) is 0 Å². The van der Waals surface area contributed by atoms with Crippen LogP contribution in [-0.2, 0) is 37.9 Å². The van der Waals surface area contributed by atoms with Crippen molar-refractivity contribution in [2.45, 2.75) is 422 Å². The number of rotatable bonds is 10. The van der Waals surface area contributed by atoms with E-state index in [4.69, 9.17) is 37.9 Å². The van der Waals surface area contributed by atoms with E-state index in [2.05, 4.69) is 160 Å². The van der Waals surface area contributed by atoms with E-state index in [0.29, 0.717) is 61.2 Å². The first-order valence-corrected chi connectivity index (χ1v) is 43.8. The van der Waals surface area contributed by atoms with Gasteiger partial charge in [-0.1, -0.05) is 303 Å². The lowest BCUT2D eigenvalue weighted by Gasteiger charge is -2.12. The number of ether oxygens (including phenoxy) is 8. The predicted molar refractivity (Wildman–Crippen MR) is 453 cm³/mol. The molecule has 10 aliphatic rings. The van der Waals surface area contributed by atoms with Gasteiger partial charge in [-0.05, 0) is 155 Å². The zero-order chi connectivity index (χ0) is 79.8. The highest BCUT2D eigenvalue weighted by Crippen LogP contribution is 2.30. The van der Waals surface area contributed by atoms with Crippen LogP contribution in [0.25, 0.3) is 0 Å². The Labute approximate surface area is 635 Å². The van der Waals surface area contributed by atoms with Crippen LogP contribution in [0.2, 0.25) is 0 Å². The van der Waals surface area contributed by atoms with Gasteiger partial charge in [-0.2, -0.15) is 0 Å². The third kappa shape index (κ3) is 75.7. The molecule has 0 aromatic heterocycles. The van der Waals surface area contributed by atoms with Crippen LogP contribution >= 0.6 is 0 Å². The van der Waals surface area contributed by atoms with Crippen LogP contribution in [-0.4, -0.2) is 135 Å². The van der Waals surface area contributed by atoms with E-state index in [1.54, 1.807) is 0 Å². The lowest BCUT2D eigenvalue weighted by molar-refractivity contribution is 0.0336. The summed E-state index contributed by atoms with van der Waals surface area (Å²) >= 11 is 0. The Bertz CT molecular complexity index is 981. The van der Waals surface area contributed by atoms with Crippen molar-refractivity contribution in [3.05, 3.63) is 0 Å². The largest absolute Gasteiger partial charge is 0.381 e. The lowest BCUT2D eigenvalue weighted by atomic mass is 9.95. The lowest BCUT2D eigenvalue weighted by Crippen LogP contribution is -2.28. The molecule has 9 saturated heterocycles. The maximum absolute atomic E-state index is 5.41. The molecule has 620 valence electrons.